The first-order chi connectivity index (χ1) is 8.58. The molecule has 0 radical (unpaired) electrons. The van der Waals surface area contributed by atoms with E-state index < -0.39 is 18.0 Å². The summed E-state index contributed by atoms with van der Waals surface area (Å²) in [4.78, 5) is 27.0. The van der Waals surface area contributed by atoms with Gasteiger partial charge in [-0.25, -0.2) is 4.79 Å². The molecule has 1 aromatic rings. The molecule has 0 aliphatic carbocycles. The molecule has 9 heteroatoms. The highest BCUT2D eigenvalue weighted by Gasteiger charge is 2.31. The van der Waals surface area contributed by atoms with E-state index in [1.54, 1.807) is 11.6 Å². The van der Waals surface area contributed by atoms with E-state index in [4.69, 9.17) is 9.94 Å². The molecule has 1 aliphatic rings. The van der Waals surface area contributed by atoms with Crippen LogP contribution >= 0.6 is 0 Å². The molecule has 0 bridgehead atoms. The molecule has 0 aromatic carbocycles. The van der Waals surface area contributed by atoms with Crippen LogP contribution in [0.3, 0.4) is 0 Å². The number of aryl methyl sites for hydroxylation is 1. The van der Waals surface area contributed by atoms with Gasteiger partial charge in [-0.15, -0.1) is 10.2 Å². The topological polar surface area (TPSA) is 119 Å². The van der Waals surface area contributed by atoms with Crippen molar-refractivity contribution in [1.29, 1.82) is 0 Å². The van der Waals surface area contributed by atoms with Crippen molar-refractivity contribution in [3.05, 3.63) is 12.2 Å². The van der Waals surface area contributed by atoms with Crippen LogP contribution in [-0.4, -0.2) is 43.6 Å². The number of nitrogens with zero attached hydrogens (tertiary/aromatic N) is 4. The van der Waals surface area contributed by atoms with Gasteiger partial charge in [-0.2, -0.15) is 0 Å². The van der Waals surface area contributed by atoms with Crippen LogP contribution in [0.4, 0.5) is 0 Å². The lowest BCUT2D eigenvalue weighted by molar-refractivity contribution is -0.131. The van der Waals surface area contributed by atoms with Crippen molar-refractivity contribution in [3.8, 4) is 0 Å². The Morgan fingerprint density at radius 1 is 1.67 bits per heavy atom. The third-order valence-corrected chi connectivity index (χ3v) is 2.43. The van der Waals surface area contributed by atoms with Crippen molar-refractivity contribution >= 4 is 17.6 Å². The van der Waals surface area contributed by atoms with Crippen LogP contribution in [0.25, 0.3) is 0 Å². The van der Waals surface area contributed by atoms with E-state index in [9.17, 15) is 9.59 Å². The zero-order chi connectivity index (χ0) is 13.1. The van der Waals surface area contributed by atoms with Gasteiger partial charge in [-0.3, -0.25) is 4.79 Å². The Hall–Kier alpha value is -2.45. The third-order valence-electron chi connectivity index (χ3n) is 2.43. The van der Waals surface area contributed by atoms with Gasteiger partial charge in [-0.05, 0) is 0 Å². The molecule has 1 aliphatic heterocycles. The number of hydrogen-bond acceptors (Lipinski definition) is 6. The van der Waals surface area contributed by atoms with E-state index in [1.165, 1.54) is 6.33 Å². The monoisotopic (exact) mass is 253 g/mol. The summed E-state index contributed by atoms with van der Waals surface area (Å²) in [5, 5.41) is 22.0. The van der Waals surface area contributed by atoms with Crippen LogP contribution in [0.5, 0.6) is 0 Å². The van der Waals surface area contributed by atoms with Crippen molar-refractivity contribution in [2.24, 2.45) is 12.2 Å². The molecular formula is C9H11N5O4. The quantitative estimate of drug-likeness (QED) is 0.685. The molecule has 96 valence electrons. The minimum absolute atomic E-state index is 0.0417. The average molecular weight is 253 g/mol. The van der Waals surface area contributed by atoms with Gasteiger partial charge in [0.15, 0.2) is 11.5 Å². The predicted octanol–water partition coefficient (Wildman–Crippen LogP) is -1.34. The van der Waals surface area contributed by atoms with E-state index in [0.29, 0.717) is 5.82 Å². The number of nitrogens with one attached hydrogen (secondary N) is 1. The standard InChI is InChI=1S/C9H11N5O4/c1-14-4-11-12-7(14)3-10-8(15)6-2-5(9(16)17)13-18-6/h4,6H,2-3H2,1H3,(H,10,15)(H,16,17). The summed E-state index contributed by atoms with van der Waals surface area (Å²) >= 11 is 0. The number of carboxylic acids is 1. The molecule has 0 spiro atoms. The van der Waals surface area contributed by atoms with E-state index in [1.807, 2.05) is 0 Å². The molecule has 9 nitrogen and oxygen atoms in total. The van der Waals surface area contributed by atoms with Crippen molar-refractivity contribution in [3.63, 3.8) is 0 Å². The van der Waals surface area contributed by atoms with Crippen LogP contribution in [0.2, 0.25) is 0 Å². The first kappa shape index (κ1) is 12.0. The Morgan fingerprint density at radius 3 is 3.00 bits per heavy atom. The molecule has 0 saturated carbocycles. The van der Waals surface area contributed by atoms with Crippen LogP contribution in [0.1, 0.15) is 12.2 Å². The summed E-state index contributed by atoms with van der Waals surface area (Å²) < 4.78 is 1.66. The number of aromatic nitrogens is 3. The molecule has 2 heterocycles. The number of carbonyl (C=O) groups excluding carboxylic acids is 1. The maximum Gasteiger partial charge on any atom is 0.353 e. The molecule has 1 aromatic heterocycles. The van der Waals surface area contributed by atoms with Gasteiger partial charge in [0, 0.05) is 13.5 Å². The summed E-state index contributed by atoms with van der Waals surface area (Å²) in [5.74, 6) is -1.03. The van der Waals surface area contributed by atoms with Gasteiger partial charge < -0.3 is 19.8 Å². The summed E-state index contributed by atoms with van der Waals surface area (Å²) in [6.45, 7) is 0.192. The summed E-state index contributed by atoms with van der Waals surface area (Å²) in [5.41, 5.74) is -0.159. The second-order valence-electron chi connectivity index (χ2n) is 3.72. The van der Waals surface area contributed by atoms with Crippen LogP contribution in [-0.2, 0) is 28.0 Å². The molecule has 1 unspecified atom stereocenters. The minimum atomic E-state index is -1.18. The van der Waals surface area contributed by atoms with Crippen LogP contribution < -0.4 is 5.32 Å². The maximum atomic E-state index is 11.7. The molecule has 0 fully saturated rings. The van der Waals surface area contributed by atoms with Crippen LogP contribution in [0.15, 0.2) is 11.5 Å². The first-order valence-electron chi connectivity index (χ1n) is 5.14. The Bertz CT molecular complexity index is 509. The first-order valence-corrected chi connectivity index (χ1v) is 5.14. The smallest absolute Gasteiger partial charge is 0.353 e. The van der Waals surface area contributed by atoms with Gasteiger partial charge in [0.25, 0.3) is 5.91 Å². The number of aliphatic carboxylic acids is 1. The number of carboxylic acid groups (broad SMARTS) is 1. The number of carbonyl (C=O) groups is 2. The largest absolute Gasteiger partial charge is 0.477 e. The molecular weight excluding hydrogens is 242 g/mol. The lowest BCUT2D eigenvalue weighted by Crippen LogP contribution is -2.35. The van der Waals surface area contributed by atoms with E-state index in [2.05, 4.69) is 20.7 Å². The van der Waals surface area contributed by atoms with Crippen molar-refractivity contribution < 1.29 is 19.5 Å². The molecule has 2 N–H and O–H groups in total. The van der Waals surface area contributed by atoms with Gasteiger partial charge in [0.1, 0.15) is 6.33 Å². The van der Waals surface area contributed by atoms with Crippen LogP contribution in [0, 0.1) is 0 Å². The molecule has 1 amide bonds. The zero-order valence-corrected chi connectivity index (χ0v) is 9.53. The lowest BCUT2D eigenvalue weighted by Gasteiger charge is -2.08. The second-order valence-corrected chi connectivity index (χ2v) is 3.72. The molecule has 18 heavy (non-hydrogen) atoms. The Kier molecular flexibility index (Phi) is 3.22. The second kappa shape index (κ2) is 4.82. The Morgan fingerprint density at radius 2 is 2.44 bits per heavy atom. The fourth-order valence-corrected chi connectivity index (χ4v) is 1.39. The highest BCUT2D eigenvalue weighted by Crippen LogP contribution is 2.10. The SMILES string of the molecule is Cn1cnnc1CNC(=O)C1CC(C(=O)O)=NO1. The summed E-state index contributed by atoms with van der Waals surface area (Å²) in [7, 11) is 1.75. The highest BCUT2D eigenvalue weighted by molar-refractivity contribution is 6.36. The van der Waals surface area contributed by atoms with Gasteiger partial charge in [-0.1, -0.05) is 5.16 Å². The Labute approximate surface area is 101 Å². The molecule has 0 saturated heterocycles. The fourth-order valence-electron chi connectivity index (χ4n) is 1.39. The van der Waals surface area contributed by atoms with Crippen molar-refractivity contribution in [2.75, 3.05) is 0 Å². The fraction of sp³-hybridized carbons (Fsp3) is 0.444. The van der Waals surface area contributed by atoms with Crippen molar-refractivity contribution in [2.45, 2.75) is 19.1 Å². The maximum absolute atomic E-state index is 11.7. The molecule has 1 atom stereocenters. The van der Waals surface area contributed by atoms with Crippen molar-refractivity contribution in [1.82, 2.24) is 20.1 Å². The normalized spacial score (nSPS) is 18.1. The number of rotatable bonds is 4. The number of oxime groups is 1. The van der Waals surface area contributed by atoms with Gasteiger partial charge in [0.05, 0.1) is 6.54 Å². The summed E-state index contributed by atoms with van der Waals surface area (Å²) in [6, 6.07) is 0. The van der Waals surface area contributed by atoms with E-state index in [-0.39, 0.29) is 18.7 Å². The van der Waals surface area contributed by atoms with E-state index in [0.717, 1.165) is 0 Å². The Balaban J connectivity index is 1.84. The number of hydrogen-bond donors (Lipinski definition) is 2. The third kappa shape index (κ3) is 2.44. The number of amides is 1. The predicted molar refractivity (Wildman–Crippen MR) is 57.4 cm³/mol. The van der Waals surface area contributed by atoms with Gasteiger partial charge in [0.2, 0.25) is 6.10 Å². The van der Waals surface area contributed by atoms with E-state index >= 15 is 0 Å². The minimum Gasteiger partial charge on any atom is -0.477 e. The zero-order valence-electron chi connectivity index (χ0n) is 9.53. The summed E-state index contributed by atoms with van der Waals surface area (Å²) in [6.07, 6.45) is 0.573. The average Bonchev–Trinajstić information content (AvgIpc) is 2.94. The molecule has 2 rings (SSSR count). The lowest BCUT2D eigenvalue weighted by atomic mass is 10.2. The highest BCUT2D eigenvalue weighted by atomic mass is 16.6. The van der Waals surface area contributed by atoms with Gasteiger partial charge >= 0.3 is 5.97 Å².